The van der Waals surface area contributed by atoms with Crippen LogP contribution in [0.25, 0.3) is 10.9 Å². The number of Topliss-reactive ketones (excluding diaryl/α,β-unsaturated/α-hetero) is 1. The van der Waals surface area contributed by atoms with Gasteiger partial charge >= 0.3 is 0 Å². The number of hydrogen-bond donors (Lipinski definition) is 0. The van der Waals surface area contributed by atoms with Gasteiger partial charge in [0.25, 0.3) is 0 Å². The number of halogens is 1. The van der Waals surface area contributed by atoms with Gasteiger partial charge in [0, 0.05) is 28.7 Å². The molecule has 164 valence electrons. The maximum absolute atomic E-state index is 12.1. The molecule has 0 radical (unpaired) electrons. The van der Waals surface area contributed by atoms with Crippen molar-refractivity contribution in [2.24, 2.45) is 5.92 Å². The van der Waals surface area contributed by atoms with E-state index in [4.69, 9.17) is 16.3 Å². The minimum absolute atomic E-state index is 0.0950. The number of hydrogen-bond acceptors (Lipinski definition) is 3. The van der Waals surface area contributed by atoms with E-state index in [1.54, 1.807) is 14.0 Å². The number of nitrogens with zero attached hydrogens (tertiary/aromatic N) is 2. The van der Waals surface area contributed by atoms with Crippen LogP contribution in [0.4, 0.5) is 0 Å². The van der Waals surface area contributed by atoms with Gasteiger partial charge in [0.15, 0.2) is 5.78 Å². The number of rotatable bonds is 8. The number of carbonyl (C=O) groups excluding carboxylic acids is 1. The molecule has 0 bridgehead atoms. The maximum Gasteiger partial charge on any atom is 0.161 e. The molecule has 31 heavy (non-hydrogen) atoms. The summed E-state index contributed by atoms with van der Waals surface area (Å²) in [4.78, 5) is 14.7. The van der Waals surface area contributed by atoms with Gasteiger partial charge in [-0.2, -0.15) is 0 Å². The molecule has 2 aromatic carbocycles. The van der Waals surface area contributed by atoms with Crippen LogP contribution in [0.3, 0.4) is 0 Å². The van der Waals surface area contributed by atoms with E-state index in [1.807, 2.05) is 36.5 Å². The summed E-state index contributed by atoms with van der Waals surface area (Å²) >= 11 is 6.34. The molecule has 0 unspecified atom stereocenters. The summed E-state index contributed by atoms with van der Waals surface area (Å²) in [6.45, 7) is 5.87. The van der Waals surface area contributed by atoms with Crippen molar-refractivity contribution < 1.29 is 9.53 Å². The van der Waals surface area contributed by atoms with Crippen LogP contribution >= 0.6 is 11.6 Å². The van der Waals surface area contributed by atoms with Crippen LogP contribution in [0.2, 0.25) is 5.02 Å². The van der Waals surface area contributed by atoms with Gasteiger partial charge in [-0.15, -0.1) is 0 Å². The van der Waals surface area contributed by atoms with E-state index in [-0.39, 0.29) is 5.78 Å². The molecule has 0 spiro atoms. The molecule has 5 heteroatoms. The molecule has 1 fully saturated rings. The van der Waals surface area contributed by atoms with Crippen LogP contribution in [0.1, 0.15) is 42.1 Å². The molecule has 0 N–H and O–H groups in total. The summed E-state index contributed by atoms with van der Waals surface area (Å²) in [7, 11) is 1.69. The number of ketones is 1. The third-order valence-corrected chi connectivity index (χ3v) is 6.88. The van der Waals surface area contributed by atoms with Crippen LogP contribution in [0, 0.1) is 5.92 Å². The third kappa shape index (κ3) is 4.97. The Hall–Kier alpha value is -2.30. The molecular weight excluding hydrogens is 408 g/mol. The second-order valence-corrected chi connectivity index (χ2v) is 8.99. The normalized spacial score (nSPS) is 15.5. The van der Waals surface area contributed by atoms with E-state index in [9.17, 15) is 4.79 Å². The molecule has 1 aliphatic rings. The number of aromatic nitrogens is 1. The van der Waals surface area contributed by atoms with Gasteiger partial charge < -0.3 is 14.2 Å². The lowest BCUT2D eigenvalue weighted by atomic mass is 9.90. The average Bonchev–Trinajstić information content (AvgIpc) is 3.16. The lowest BCUT2D eigenvalue weighted by Gasteiger charge is -2.32. The Bertz CT molecular complexity index is 1050. The maximum atomic E-state index is 12.1. The molecule has 0 atom stereocenters. The second kappa shape index (κ2) is 9.88. The first kappa shape index (κ1) is 21.9. The molecular formula is C26H31ClN2O2. The lowest BCUT2D eigenvalue weighted by Crippen LogP contribution is -2.35. The number of aryl methyl sites for hydroxylation is 1. The SMILES string of the molecule is COc1cccc2c(C(C)=O)cn(CCCN3CCC(Cc4ccccc4Cl)CC3)c12. The van der Waals surface area contributed by atoms with E-state index in [2.05, 4.69) is 21.6 Å². The molecule has 2 heterocycles. The van der Waals surface area contributed by atoms with Crippen molar-refractivity contribution in [1.82, 2.24) is 9.47 Å². The monoisotopic (exact) mass is 438 g/mol. The molecule has 0 saturated carbocycles. The Morgan fingerprint density at radius 3 is 2.58 bits per heavy atom. The highest BCUT2D eigenvalue weighted by Gasteiger charge is 2.20. The average molecular weight is 439 g/mol. The molecule has 0 amide bonds. The Morgan fingerprint density at radius 1 is 1.10 bits per heavy atom. The number of benzene rings is 2. The molecule has 1 saturated heterocycles. The quantitative estimate of drug-likeness (QED) is 0.413. The first-order valence-electron chi connectivity index (χ1n) is 11.2. The molecule has 4 nitrogen and oxygen atoms in total. The zero-order chi connectivity index (χ0) is 21.8. The smallest absolute Gasteiger partial charge is 0.161 e. The summed E-state index contributed by atoms with van der Waals surface area (Å²) in [5.74, 6) is 1.63. The Balaban J connectivity index is 1.33. The number of para-hydroxylation sites is 1. The molecule has 1 aromatic heterocycles. The van der Waals surface area contributed by atoms with Crippen LogP contribution in [-0.4, -0.2) is 42.0 Å². The van der Waals surface area contributed by atoms with Gasteiger partial charge in [-0.1, -0.05) is 41.9 Å². The predicted octanol–water partition coefficient (Wildman–Crippen LogP) is 5.85. The van der Waals surface area contributed by atoms with Gasteiger partial charge in [0.05, 0.1) is 12.6 Å². The largest absolute Gasteiger partial charge is 0.495 e. The summed E-state index contributed by atoms with van der Waals surface area (Å²) < 4.78 is 7.76. The van der Waals surface area contributed by atoms with Gasteiger partial charge in [0.2, 0.25) is 0 Å². The van der Waals surface area contributed by atoms with Crippen molar-refractivity contribution in [1.29, 1.82) is 0 Å². The van der Waals surface area contributed by atoms with E-state index in [0.29, 0.717) is 5.92 Å². The Labute approximate surface area is 189 Å². The second-order valence-electron chi connectivity index (χ2n) is 8.58. The molecule has 4 rings (SSSR count). The fourth-order valence-corrected chi connectivity index (χ4v) is 5.01. The highest BCUT2D eigenvalue weighted by molar-refractivity contribution is 6.31. The fourth-order valence-electron chi connectivity index (χ4n) is 4.80. The summed E-state index contributed by atoms with van der Waals surface area (Å²) in [6, 6.07) is 14.1. The number of piperidine rings is 1. The first-order chi connectivity index (χ1) is 15.1. The van der Waals surface area contributed by atoms with Crippen molar-refractivity contribution in [3.63, 3.8) is 0 Å². The Kier molecular flexibility index (Phi) is 6.99. The van der Waals surface area contributed by atoms with Crippen LogP contribution in [0.15, 0.2) is 48.7 Å². The predicted molar refractivity (Wildman–Crippen MR) is 127 cm³/mol. The molecule has 0 aliphatic carbocycles. The van der Waals surface area contributed by atoms with Crippen LogP contribution < -0.4 is 4.74 Å². The van der Waals surface area contributed by atoms with Crippen molar-refractivity contribution >= 4 is 28.3 Å². The standard InChI is InChI=1S/C26H31ClN2O2/c1-19(30)23-18-29(26-22(23)8-5-10-25(26)31-2)14-6-13-28-15-11-20(12-16-28)17-21-7-3-4-9-24(21)27/h3-5,7-10,18,20H,6,11-17H2,1-2H3. The highest BCUT2D eigenvalue weighted by atomic mass is 35.5. The highest BCUT2D eigenvalue weighted by Crippen LogP contribution is 2.31. The van der Waals surface area contributed by atoms with E-state index in [0.717, 1.165) is 66.3 Å². The van der Waals surface area contributed by atoms with Gasteiger partial charge in [-0.3, -0.25) is 4.79 Å². The van der Waals surface area contributed by atoms with Crippen molar-refractivity contribution in [3.05, 3.63) is 64.8 Å². The van der Waals surface area contributed by atoms with Crippen molar-refractivity contribution in [2.75, 3.05) is 26.7 Å². The minimum Gasteiger partial charge on any atom is -0.495 e. The van der Waals surface area contributed by atoms with E-state index < -0.39 is 0 Å². The van der Waals surface area contributed by atoms with Crippen LogP contribution in [-0.2, 0) is 13.0 Å². The third-order valence-electron chi connectivity index (χ3n) is 6.51. The lowest BCUT2D eigenvalue weighted by molar-refractivity contribution is 0.101. The first-order valence-corrected chi connectivity index (χ1v) is 11.6. The number of fused-ring (bicyclic) bond motifs is 1. The summed E-state index contributed by atoms with van der Waals surface area (Å²) in [5, 5.41) is 1.87. The van der Waals surface area contributed by atoms with Gasteiger partial charge in [-0.05, 0) is 75.9 Å². The number of ether oxygens (including phenoxy) is 1. The zero-order valence-electron chi connectivity index (χ0n) is 18.4. The topological polar surface area (TPSA) is 34.5 Å². The zero-order valence-corrected chi connectivity index (χ0v) is 19.2. The van der Waals surface area contributed by atoms with E-state index in [1.165, 1.54) is 18.4 Å². The minimum atomic E-state index is 0.0950. The van der Waals surface area contributed by atoms with Crippen LogP contribution in [0.5, 0.6) is 5.75 Å². The van der Waals surface area contributed by atoms with Gasteiger partial charge in [-0.25, -0.2) is 0 Å². The van der Waals surface area contributed by atoms with Gasteiger partial charge in [0.1, 0.15) is 5.75 Å². The molecule has 1 aliphatic heterocycles. The number of methoxy groups -OCH3 is 1. The fraction of sp³-hybridized carbons (Fsp3) is 0.423. The molecule has 3 aromatic rings. The van der Waals surface area contributed by atoms with Crippen molar-refractivity contribution in [3.8, 4) is 5.75 Å². The number of likely N-dealkylation sites (tertiary alicyclic amines) is 1. The number of carbonyl (C=O) groups is 1. The Morgan fingerprint density at radius 2 is 1.87 bits per heavy atom. The summed E-state index contributed by atoms with van der Waals surface area (Å²) in [5.41, 5.74) is 3.07. The van der Waals surface area contributed by atoms with Crippen molar-refractivity contribution in [2.45, 2.75) is 39.2 Å². The van der Waals surface area contributed by atoms with E-state index >= 15 is 0 Å². The summed E-state index contributed by atoms with van der Waals surface area (Å²) in [6.07, 6.45) is 6.57.